The molecule has 0 aliphatic carbocycles. The number of rotatable bonds is 3. The van der Waals surface area contributed by atoms with E-state index in [4.69, 9.17) is 0 Å². The fourth-order valence-corrected chi connectivity index (χ4v) is 1.22. The summed E-state index contributed by atoms with van der Waals surface area (Å²) < 4.78 is 13.7. The summed E-state index contributed by atoms with van der Waals surface area (Å²) in [5.74, 6) is -0.406. The molecule has 2 nitrogen and oxygen atoms in total. The zero-order chi connectivity index (χ0) is 13.1. The quantitative estimate of drug-likeness (QED) is 0.729. The highest BCUT2D eigenvalue weighted by atomic mass is 19.1. The van der Waals surface area contributed by atoms with Gasteiger partial charge < -0.3 is 4.90 Å². The molecule has 1 unspecified atom stereocenters. The molecule has 3 heteroatoms. The van der Waals surface area contributed by atoms with E-state index in [1.807, 2.05) is 20.8 Å². The summed E-state index contributed by atoms with van der Waals surface area (Å²) in [4.78, 5) is 13.2. The minimum atomic E-state index is -1.37. The minimum Gasteiger partial charge on any atom is -0.338 e. The summed E-state index contributed by atoms with van der Waals surface area (Å²) in [5.41, 5.74) is -0.242. The summed E-state index contributed by atoms with van der Waals surface area (Å²) in [6, 6.07) is 0. The highest BCUT2D eigenvalue weighted by molar-refractivity contribution is 5.81. The number of amides is 1. The molecular weight excluding hydrogens is 205 g/mol. The standard InChI is InChI=1S/C13H26FNO/c1-12(2,3)9-8-10(14)11(16)15(7)13(4,5)6/h10H,8-9H2,1-7H3. The highest BCUT2D eigenvalue weighted by Crippen LogP contribution is 2.24. The molecule has 0 aromatic heterocycles. The van der Waals surface area contributed by atoms with Gasteiger partial charge in [0.2, 0.25) is 0 Å². The minimum absolute atomic E-state index is 0.0743. The third kappa shape index (κ3) is 5.47. The van der Waals surface area contributed by atoms with Crippen molar-refractivity contribution in [3.05, 3.63) is 0 Å². The molecule has 1 atom stereocenters. The van der Waals surface area contributed by atoms with Gasteiger partial charge in [-0.15, -0.1) is 0 Å². The Morgan fingerprint density at radius 3 is 1.94 bits per heavy atom. The lowest BCUT2D eigenvalue weighted by Crippen LogP contribution is -2.46. The first-order chi connectivity index (χ1) is 6.95. The van der Waals surface area contributed by atoms with E-state index in [2.05, 4.69) is 20.8 Å². The van der Waals surface area contributed by atoms with Crippen molar-refractivity contribution in [1.82, 2.24) is 4.90 Å². The van der Waals surface area contributed by atoms with Crippen molar-refractivity contribution in [2.75, 3.05) is 7.05 Å². The van der Waals surface area contributed by atoms with Gasteiger partial charge in [-0.1, -0.05) is 20.8 Å². The number of carbonyl (C=O) groups is 1. The molecule has 0 aromatic carbocycles. The van der Waals surface area contributed by atoms with Crippen LogP contribution in [0.25, 0.3) is 0 Å². The zero-order valence-corrected chi connectivity index (χ0v) is 11.7. The molecule has 0 fully saturated rings. The Hall–Kier alpha value is -0.600. The molecule has 0 aliphatic rings. The zero-order valence-electron chi connectivity index (χ0n) is 11.7. The Morgan fingerprint density at radius 2 is 1.62 bits per heavy atom. The summed E-state index contributed by atoms with van der Waals surface area (Å²) >= 11 is 0. The van der Waals surface area contributed by atoms with Gasteiger partial charge in [0.25, 0.3) is 5.91 Å². The van der Waals surface area contributed by atoms with E-state index < -0.39 is 12.1 Å². The first-order valence-electron chi connectivity index (χ1n) is 5.87. The Bertz CT molecular complexity index is 237. The molecule has 16 heavy (non-hydrogen) atoms. The molecule has 0 aromatic rings. The fraction of sp³-hybridized carbons (Fsp3) is 0.923. The normalized spacial score (nSPS) is 14.8. The van der Waals surface area contributed by atoms with Crippen LogP contribution in [0.4, 0.5) is 4.39 Å². The Balaban J connectivity index is 4.30. The van der Waals surface area contributed by atoms with Crippen molar-refractivity contribution in [3.63, 3.8) is 0 Å². The van der Waals surface area contributed by atoms with Crippen molar-refractivity contribution in [3.8, 4) is 0 Å². The van der Waals surface area contributed by atoms with Gasteiger partial charge in [-0.2, -0.15) is 0 Å². The van der Waals surface area contributed by atoms with Crippen LogP contribution in [0, 0.1) is 5.41 Å². The first kappa shape index (κ1) is 15.4. The van der Waals surface area contributed by atoms with E-state index in [-0.39, 0.29) is 11.0 Å². The summed E-state index contributed by atoms with van der Waals surface area (Å²) in [6.45, 7) is 11.9. The van der Waals surface area contributed by atoms with Crippen molar-refractivity contribution in [2.45, 2.75) is 66.1 Å². The SMILES string of the molecule is CN(C(=O)C(F)CCC(C)(C)C)C(C)(C)C. The molecule has 0 aliphatic heterocycles. The largest absolute Gasteiger partial charge is 0.338 e. The van der Waals surface area contributed by atoms with Gasteiger partial charge >= 0.3 is 0 Å². The summed E-state index contributed by atoms with van der Waals surface area (Å²) in [7, 11) is 1.66. The number of carbonyl (C=O) groups excluding carboxylic acids is 1. The molecule has 1 amide bonds. The average Bonchev–Trinajstić information content (AvgIpc) is 2.09. The van der Waals surface area contributed by atoms with Gasteiger partial charge in [0.05, 0.1) is 0 Å². The molecule has 0 bridgehead atoms. The third-order valence-corrected chi connectivity index (χ3v) is 2.75. The highest BCUT2D eigenvalue weighted by Gasteiger charge is 2.29. The summed E-state index contributed by atoms with van der Waals surface area (Å²) in [5, 5.41) is 0. The third-order valence-electron chi connectivity index (χ3n) is 2.75. The number of hydrogen-bond donors (Lipinski definition) is 0. The molecule has 0 spiro atoms. The van der Waals surface area contributed by atoms with Crippen molar-refractivity contribution in [2.24, 2.45) is 5.41 Å². The second-order valence-corrected chi connectivity index (χ2v) is 6.63. The van der Waals surface area contributed by atoms with Gasteiger partial charge in [-0.05, 0) is 39.0 Å². The van der Waals surface area contributed by atoms with Gasteiger partial charge in [-0.3, -0.25) is 4.79 Å². The summed E-state index contributed by atoms with van der Waals surface area (Å²) in [6.07, 6.45) is -0.343. The van der Waals surface area contributed by atoms with Crippen LogP contribution in [0.2, 0.25) is 0 Å². The van der Waals surface area contributed by atoms with Crippen molar-refractivity contribution < 1.29 is 9.18 Å². The van der Waals surface area contributed by atoms with Crippen LogP contribution < -0.4 is 0 Å². The lowest BCUT2D eigenvalue weighted by Gasteiger charge is -2.33. The number of hydrogen-bond acceptors (Lipinski definition) is 1. The maximum absolute atomic E-state index is 13.7. The molecule has 0 rings (SSSR count). The lowest BCUT2D eigenvalue weighted by atomic mass is 9.89. The maximum atomic E-state index is 13.7. The molecule has 0 saturated carbocycles. The van der Waals surface area contributed by atoms with E-state index in [9.17, 15) is 9.18 Å². The first-order valence-corrected chi connectivity index (χ1v) is 5.87. The Morgan fingerprint density at radius 1 is 1.19 bits per heavy atom. The van der Waals surface area contributed by atoms with Crippen LogP contribution in [-0.4, -0.2) is 29.6 Å². The number of nitrogens with zero attached hydrogens (tertiary/aromatic N) is 1. The van der Waals surface area contributed by atoms with Crippen LogP contribution in [0.15, 0.2) is 0 Å². The predicted molar refractivity (Wildman–Crippen MR) is 66.1 cm³/mol. The van der Waals surface area contributed by atoms with Gasteiger partial charge in [0.1, 0.15) is 0 Å². The van der Waals surface area contributed by atoms with Gasteiger partial charge in [-0.25, -0.2) is 4.39 Å². The van der Waals surface area contributed by atoms with Crippen molar-refractivity contribution >= 4 is 5.91 Å². The smallest absolute Gasteiger partial charge is 0.257 e. The van der Waals surface area contributed by atoms with Crippen LogP contribution in [0.5, 0.6) is 0 Å². The van der Waals surface area contributed by atoms with Crippen LogP contribution in [-0.2, 0) is 4.79 Å². The van der Waals surface area contributed by atoms with E-state index >= 15 is 0 Å². The second-order valence-electron chi connectivity index (χ2n) is 6.63. The number of alkyl halides is 1. The van der Waals surface area contributed by atoms with E-state index in [0.29, 0.717) is 6.42 Å². The van der Waals surface area contributed by atoms with E-state index in [1.54, 1.807) is 7.05 Å². The van der Waals surface area contributed by atoms with Crippen LogP contribution in [0.1, 0.15) is 54.4 Å². The maximum Gasteiger partial charge on any atom is 0.257 e. The molecule has 0 radical (unpaired) electrons. The molecule has 0 heterocycles. The van der Waals surface area contributed by atoms with Gasteiger partial charge in [0, 0.05) is 12.6 Å². The lowest BCUT2D eigenvalue weighted by molar-refractivity contribution is -0.139. The Kier molecular flexibility index (Phi) is 4.96. The molecular formula is C13H26FNO. The average molecular weight is 231 g/mol. The second kappa shape index (κ2) is 5.15. The van der Waals surface area contributed by atoms with E-state index in [1.165, 1.54) is 4.90 Å². The molecule has 96 valence electrons. The monoisotopic (exact) mass is 231 g/mol. The van der Waals surface area contributed by atoms with Crippen LogP contribution >= 0.6 is 0 Å². The number of halogens is 1. The molecule has 0 saturated heterocycles. The fourth-order valence-electron chi connectivity index (χ4n) is 1.22. The van der Waals surface area contributed by atoms with E-state index in [0.717, 1.165) is 6.42 Å². The van der Waals surface area contributed by atoms with Gasteiger partial charge in [0.15, 0.2) is 6.17 Å². The molecule has 0 N–H and O–H groups in total. The van der Waals surface area contributed by atoms with Crippen LogP contribution in [0.3, 0.4) is 0 Å². The topological polar surface area (TPSA) is 20.3 Å². The predicted octanol–water partition coefficient (Wildman–Crippen LogP) is 3.41. The Labute approximate surface area is 99.2 Å². The van der Waals surface area contributed by atoms with Crippen molar-refractivity contribution in [1.29, 1.82) is 0 Å².